The maximum Gasteiger partial charge on any atom is 0.257 e. The number of hydrogen-bond acceptors (Lipinski definition) is 5. The zero-order valence-electron chi connectivity index (χ0n) is 16.5. The van der Waals surface area contributed by atoms with Gasteiger partial charge in [0, 0.05) is 10.4 Å². The molecule has 0 bridgehead atoms. The van der Waals surface area contributed by atoms with E-state index >= 15 is 0 Å². The normalized spacial score (nSPS) is 14.8. The van der Waals surface area contributed by atoms with Crippen LogP contribution in [0.1, 0.15) is 38.8 Å². The summed E-state index contributed by atoms with van der Waals surface area (Å²) >= 11 is 1.36. The topological polar surface area (TPSA) is 80.3 Å². The minimum absolute atomic E-state index is 0.153. The number of aromatic nitrogens is 1. The molecule has 154 valence electrons. The standard InChI is InChI=1S/C22H20FN3O3S/c1-12-3-9-17(29-2)16(11-12)24-21(28)15-8-10-18-19(15)25-22(30-18)26-20(27)13-4-6-14(23)7-5-13/h3-7,9,11,15H,8,10H2,1-2H3,(H,24,28)(H,25,26,27). The number of fused-ring (bicyclic) bond motifs is 1. The number of benzene rings is 2. The van der Waals surface area contributed by atoms with Crippen LogP contribution in [0.4, 0.5) is 15.2 Å². The lowest BCUT2D eigenvalue weighted by molar-refractivity contribution is -0.117. The number of thiazole rings is 1. The van der Waals surface area contributed by atoms with Crippen molar-refractivity contribution in [2.24, 2.45) is 0 Å². The summed E-state index contributed by atoms with van der Waals surface area (Å²) in [6.45, 7) is 1.94. The van der Waals surface area contributed by atoms with Gasteiger partial charge in [0.15, 0.2) is 5.13 Å². The van der Waals surface area contributed by atoms with Gasteiger partial charge < -0.3 is 10.1 Å². The molecule has 0 spiro atoms. The van der Waals surface area contributed by atoms with E-state index in [1.165, 1.54) is 35.6 Å². The van der Waals surface area contributed by atoms with Gasteiger partial charge in [0.25, 0.3) is 5.91 Å². The average Bonchev–Trinajstić information content (AvgIpc) is 3.28. The highest BCUT2D eigenvalue weighted by Crippen LogP contribution is 2.39. The number of rotatable bonds is 5. The molecule has 0 fully saturated rings. The highest BCUT2D eigenvalue weighted by atomic mass is 32.1. The van der Waals surface area contributed by atoms with Crippen LogP contribution < -0.4 is 15.4 Å². The Kier molecular flexibility index (Phi) is 5.50. The Morgan fingerprint density at radius 2 is 1.93 bits per heavy atom. The maximum atomic E-state index is 13.0. The van der Waals surface area contributed by atoms with E-state index in [0.717, 1.165) is 16.9 Å². The fraction of sp³-hybridized carbons (Fsp3) is 0.227. The van der Waals surface area contributed by atoms with Crippen LogP contribution in [-0.2, 0) is 11.2 Å². The number of hydrogen-bond donors (Lipinski definition) is 2. The van der Waals surface area contributed by atoms with Crippen LogP contribution in [0.25, 0.3) is 0 Å². The number of carbonyl (C=O) groups excluding carboxylic acids is 2. The highest BCUT2D eigenvalue weighted by Gasteiger charge is 2.33. The molecule has 1 aliphatic carbocycles. The Morgan fingerprint density at radius 1 is 1.17 bits per heavy atom. The quantitative estimate of drug-likeness (QED) is 0.630. The number of nitrogens with zero attached hydrogens (tertiary/aromatic N) is 1. The SMILES string of the molecule is COc1ccc(C)cc1NC(=O)C1CCc2sc(NC(=O)c3ccc(F)cc3)nc21. The Bertz CT molecular complexity index is 1110. The molecule has 0 aliphatic heterocycles. The molecular weight excluding hydrogens is 405 g/mol. The Labute approximate surface area is 177 Å². The van der Waals surface area contributed by atoms with Gasteiger partial charge in [0.2, 0.25) is 5.91 Å². The predicted octanol–water partition coefficient (Wildman–Crippen LogP) is 4.52. The van der Waals surface area contributed by atoms with Gasteiger partial charge in [-0.3, -0.25) is 14.9 Å². The molecule has 8 heteroatoms. The summed E-state index contributed by atoms with van der Waals surface area (Å²) < 4.78 is 18.4. The highest BCUT2D eigenvalue weighted by molar-refractivity contribution is 7.16. The van der Waals surface area contributed by atoms with Gasteiger partial charge in [-0.05, 0) is 61.7 Å². The lowest BCUT2D eigenvalue weighted by Gasteiger charge is -2.14. The minimum Gasteiger partial charge on any atom is -0.495 e. The molecular formula is C22H20FN3O3S. The summed E-state index contributed by atoms with van der Waals surface area (Å²) in [5.74, 6) is -0.721. The van der Waals surface area contributed by atoms with Gasteiger partial charge in [-0.2, -0.15) is 0 Å². The molecule has 4 rings (SSSR count). The van der Waals surface area contributed by atoms with Crippen LogP contribution in [0.2, 0.25) is 0 Å². The van der Waals surface area contributed by atoms with E-state index < -0.39 is 11.7 Å². The number of methoxy groups -OCH3 is 1. The summed E-state index contributed by atoms with van der Waals surface area (Å²) in [5.41, 5.74) is 2.67. The second-order valence-electron chi connectivity index (χ2n) is 7.07. The third kappa shape index (κ3) is 4.04. The first-order chi connectivity index (χ1) is 14.4. The third-order valence-electron chi connectivity index (χ3n) is 4.97. The van der Waals surface area contributed by atoms with Crippen molar-refractivity contribution in [2.45, 2.75) is 25.7 Å². The first-order valence-electron chi connectivity index (χ1n) is 9.46. The van der Waals surface area contributed by atoms with Crippen molar-refractivity contribution in [2.75, 3.05) is 17.7 Å². The molecule has 1 aromatic heterocycles. The third-order valence-corrected chi connectivity index (χ3v) is 6.02. The van der Waals surface area contributed by atoms with Crippen molar-refractivity contribution in [1.29, 1.82) is 0 Å². The summed E-state index contributed by atoms with van der Waals surface area (Å²) in [7, 11) is 1.56. The van der Waals surface area contributed by atoms with Crippen LogP contribution in [0.5, 0.6) is 5.75 Å². The zero-order valence-corrected chi connectivity index (χ0v) is 17.3. The number of carbonyl (C=O) groups is 2. The largest absolute Gasteiger partial charge is 0.495 e. The molecule has 6 nitrogen and oxygen atoms in total. The molecule has 3 aromatic rings. The second kappa shape index (κ2) is 8.23. The Hall–Kier alpha value is -3.26. The van der Waals surface area contributed by atoms with Crippen LogP contribution in [0.3, 0.4) is 0 Å². The van der Waals surface area contributed by atoms with Crippen LogP contribution in [0, 0.1) is 12.7 Å². The van der Waals surface area contributed by atoms with Crippen molar-refractivity contribution in [3.8, 4) is 5.75 Å². The number of halogens is 1. The second-order valence-corrected chi connectivity index (χ2v) is 8.16. The molecule has 30 heavy (non-hydrogen) atoms. The number of nitrogens with one attached hydrogen (secondary N) is 2. The fourth-order valence-corrected chi connectivity index (χ4v) is 4.48. The van der Waals surface area contributed by atoms with Gasteiger partial charge >= 0.3 is 0 Å². The van der Waals surface area contributed by atoms with Crippen molar-refractivity contribution < 1.29 is 18.7 Å². The predicted molar refractivity (Wildman–Crippen MR) is 114 cm³/mol. The van der Waals surface area contributed by atoms with Crippen LogP contribution in [0.15, 0.2) is 42.5 Å². The van der Waals surface area contributed by atoms with Gasteiger partial charge in [-0.25, -0.2) is 9.37 Å². The van der Waals surface area contributed by atoms with Crippen molar-refractivity contribution >= 4 is 34.0 Å². The van der Waals surface area contributed by atoms with Crippen LogP contribution in [-0.4, -0.2) is 23.9 Å². The summed E-state index contributed by atoms with van der Waals surface area (Å²) in [4.78, 5) is 30.8. The number of amides is 2. The van der Waals surface area contributed by atoms with Crippen molar-refractivity contribution in [3.05, 3.63) is 70.0 Å². The number of anilines is 2. The summed E-state index contributed by atoms with van der Waals surface area (Å²) in [5, 5.41) is 6.11. The van der Waals surface area contributed by atoms with E-state index in [0.29, 0.717) is 34.2 Å². The average molecular weight is 425 g/mol. The number of aryl methyl sites for hydroxylation is 2. The molecule has 1 unspecified atom stereocenters. The van der Waals surface area contributed by atoms with E-state index in [1.54, 1.807) is 7.11 Å². The monoisotopic (exact) mass is 425 g/mol. The first-order valence-corrected chi connectivity index (χ1v) is 10.3. The van der Waals surface area contributed by atoms with E-state index in [-0.39, 0.29) is 11.8 Å². The van der Waals surface area contributed by atoms with Gasteiger partial charge in [-0.1, -0.05) is 6.07 Å². The van der Waals surface area contributed by atoms with E-state index in [1.807, 2.05) is 25.1 Å². The van der Waals surface area contributed by atoms with Crippen LogP contribution >= 0.6 is 11.3 Å². The fourth-order valence-electron chi connectivity index (χ4n) is 3.45. The molecule has 2 N–H and O–H groups in total. The Morgan fingerprint density at radius 3 is 2.67 bits per heavy atom. The minimum atomic E-state index is -0.404. The summed E-state index contributed by atoms with van der Waals surface area (Å²) in [6, 6.07) is 10.9. The molecule has 1 heterocycles. The van der Waals surface area contributed by atoms with Gasteiger partial charge in [0.1, 0.15) is 11.6 Å². The molecule has 0 saturated carbocycles. The van der Waals surface area contributed by atoms with Crippen molar-refractivity contribution in [1.82, 2.24) is 4.98 Å². The lowest BCUT2D eigenvalue weighted by atomic mass is 10.1. The molecule has 1 aliphatic rings. The van der Waals surface area contributed by atoms with Crippen molar-refractivity contribution in [3.63, 3.8) is 0 Å². The van der Waals surface area contributed by atoms with E-state index in [9.17, 15) is 14.0 Å². The van der Waals surface area contributed by atoms with E-state index in [2.05, 4.69) is 15.6 Å². The molecule has 0 radical (unpaired) electrons. The first kappa shape index (κ1) is 20.0. The van der Waals surface area contributed by atoms with Gasteiger partial charge in [0.05, 0.1) is 24.4 Å². The zero-order chi connectivity index (χ0) is 21.3. The van der Waals surface area contributed by atoms with Gasteiger partial charge in [-0.15, -0.1) is 11.3 Å². The molecule has 0 saturated heterocycles. The van der Waals surface area contributed by atoms with E-state index in [4.69, 9.17) is 4.74 Å². The number of ether oxygens (including phenoxy) is 1. The molecule has 2 amide bonds. The smallest absolute Gasteiger partial charge is 0.257 e. The lowest BCUT2D eigenvalue weighted by Crippen LogP contribution is -2.20. The maximum absolute atomic E-state index is 13.0. The summed E-state index contributed by atoms with van der Waals surface area (Å²) in [6.07, 6.45) is 1.39. The Balaban J connectivity index is 1.49. The molecule has 2 aromatic carbocycles. The molecule has 1 atom stereocenters.